The monoisotopic (exact) mass is 182 g/mol. The first-order chi connectivity index (χ1) is 5.79. The number of aromatic nitrogens is 2. The molecule has 4 heteroatoms. The van der Waals surface area contributed by atoms with E-state index >= 15 is 0 Å². The minimum atomic E-state index is -0.445. The molecule has 0 amide bonds. The van der Waals surface area contributed by atoms with E-state index in [1.807, 2.05) is 0 Å². The number of hydrogen-bond donors (Lipinski definition) is 0. The summed E-state index contributed by atoms with van der Waals surface area (Å²) in [5.41, 5.74) is 0.649. The van der Waals surface area contributed by atoms with Gasteiger partial charge in [-0.15, -0.1) is 0 Å². The lowest BCUT2D eigenvalue weighted by Gasteiger charge is -1.98. The molecule has 0 atom stereocenters. The van der Waals surface area contributed by atoms with Crippen molar-refractivity contribution in [2.75, 3.05) is 0 Å². The fourth-order valence-corrected chi connectivity index (χ4v) is 1.20. The van der Waals surface area contributed by atoms with Crippen LogP contribution in [-0.4, -0.2) is 9.97 Å². The summed E-state index contributed by atoms with van der Waals surface area (Å²) in [4.78, 5) is 7.67. The Morgan fingerprint density at radius 1 is 1.33 bits per heavy atom. The Bertz CT molecular complexity index is 430. The average Bonchev–Trinajstić information content (AvgIpc) is 2.12. The van der Waals surface area contributed by atoms with Gasteiger partial charge in [0.15, 0.2) is 0 Å². The van der Waals surface area contributed by atoms with Crippen LogP contribution in [0.4, 0.5) is 4.39 Å². The second-order valence-electron chi connectivity index (χ2n) is 2.32. The van der Waals surface area contributed by atoms with E-state index in [0.717, 1.165) is 0 Å². The fourth-order valence-electron chi connectivity index (χ4n) is 0.995. The van der Waals surface area contributed by atoms with Crippen molar-refractivity contribution in [2.24, 2.45) is 0 Å². The van der Waals surface area contributed by atoms with Gasteiger partial charge >= 0.3 is 0 Å². The normalized spacial score (nSPS) is 10.5. The molecule has 60 valence electrons. The predicted octanol–water partition coefficient (Wildman–Crippen LogP) is 2.42. The number of fused-ring (bicyclic) bond motifs is 1. The number of halogens is 2. The molecule has 1 heterocycles. The van der Waals surface area contributed by atoms with Crippen LogP contribution in [0, 0.1) is 5.82 Å². The third-order valence-corrected chi connectivity index (χ3v) is 1.96. The van der Waals surface area contributed by atoms with Gasteiger partial charge in [0.2, 0.25) is 0 Å². The molecular weight excluding hydrogens is 179 g/mol. The molecule has 0 aliphatic carbocycles. The molecule has 0 radical (unpaired) electrons. The summed E-state index contributed by atoms with van der Waals surface area (Å²) in [6.45, 7) is 0. The van der Waals surface area contributed by atoms with E-state index in [1.54, 1.807) is 6.07 Å². The first-order valence-corrected chi connectivity index (χ1v) is 3.70. The van der Waals surface area contributed by atoms with E-state index in [-0.39, 0.29) is 5.02 Å². The van der Waals surface area contributed by atoms with E-state index in [0.29, 0.717) is 10.9 Å². The molecule has 0 spiro atoms. The number of nitrogens with zero attached hydrogens (tertiary/aromatic N) is 2. The molecular formula is C8H4ClFN2. The number of benzene rings is 1. The fraction of sp³-hybridized carbons (Fsp3) is 0. The smallest absolute Gasteiger partial charge is 0.142 e. The van der Waals surface area contributed by atoms with Crippen LogP contribution in [0.2, 0.25) is 5.02 Å². The third-order valence-electron chi connectivity index (χ3n) is 1.58. The molecule has 12 heavy (non-hydrogen) atoms. The molecule has 0 unspecified atom stereocenters. The van der Waals surface area contributed by atoms with Gasteiger partial charge in [0.1, 0.15) is 12.1 Å². The van der Waals surface area contributed by atoms with Gasteiger partial charge < -0.3 is 0 Å². The Morgan fingerprint density at radius 3 is 3.00 bits per heavy atom. The summed E-state index contributed by atoms with van der Waals surface area (Å²) in [6, 6.07) is 2.86. The minimum Gasteiger partial charge on any atom is -0.244 e. The van der Waals surface area contributed by atoms with Crippen LogP contribution in [0.15, 0.2) is 24.7 Å². The SMILES string of the molecule is Fc1ccc2ncncc2c1Cl. The summed E-state index contributed by atoms with van der Waals surface area (Å²) < 4.78 is 12.9. The van der Waals surface area contributed by atoms with E-state index < -0.39 is 5.82 Å². The topological polar surface area (TPSA) is 25.8 Å². The summed E-state index contributed by atoms with van der Waals surface area (Å²) in [5, 5.41) is 0.618. The summed E-state index contributed by atoms with van der Waals surface area (Å²) >= 11 is 5.67. The Morgan fingerprint density at radius 2 is 2.17 bits per heavy atom. The highest BCUT2D eigenvalue weighted by Gasteiger charge is 2.04. The highest BCUT2D eigenvalue weighted by molar-refractivity contribution is 6.35. The zero-order valence-electron chi connectivity index (χ0n) is 5.96. The van der Waals surface area contributed by atoms with Gasteiger partial charge in [0.25, 0.3) is 0 Å². The van der Waals surface area contributed by atoms with Gasteiger partial charge in [0, 0.05) is 11.6 Å². The summed E-state index contributed by atoms with van der Waals surface area (Å²) in [5.74, 6) is -0.445. The van der Waals surface area contributed by atoms with Crippen molar-refractivity contribution in [1.82, 2.24) is 9.97 Å². The maximum Gasteiger partial charge on any atom is 0.142 e. The molecule has 0 saturated heterocycles. The molecule has 0 aliphatic rings. The molecule has 0 bridgehead atoms. The van der Waals surface area contributed by atoms with E-state index in [1.165, 1.54) is 18.6 Å². The molecule has 0 fully saturated rings. The van der Waals surface area contributed by atoms with Gasteiger partial charge in [0.05, 0.1) is 10.5 Å². The largest absolute Gasteiger partial charge is 0.244 e. The van der Waals surface area contributed by atoms with Gasteiger partial charge in [-0.3, -0.25) is 0 Å². The molecule has 1 aromatic heterocycles. The second-order valence-corrected chi connectivity index (χ2v) is 2.69. The Balaban J connectivity index is 2.91. The van der Waals surface area contributed by atoms with Crippen LogP contribution in [0.25, 0.3) is 10.9 Å². The third kappa shape index (κ3) is 1.02. The van der Waals surface area contributed by atoms with Crippen molar-refractivity contribution < 1.29 is 4.39 Å². The lowest BCUT2D eigenvalue weighted by Crippen LogP contribution is -1.84. The van der Waals surface area contributed by atoms with Crippen molar-refractivity contribution in [3.05, 3.63) is 35.5 Å². The van der Waals surface area contributed by atoms with Crippen molar-refractivity contribution in [3.8, 4) is 0 Å². The molecule has 0 saturated carbocycles. The van der Waals surface area contributed by atoms with Crippen LogP contribution in [0.3, 0.4) is 0 Å². The summed E-state index contributed by atoms with van der Waals surface area (Å²) in [7, 11) is 0. The maximum atomic E-state index is 12.9. The molecule has 2 aromatic rings. The van der Waals surface area contributed by atoms with Gasteiger partial charge in [-0.1, -0.05) is 11.6 Å². The quantitative estimate of drug-likeness (QED) is 0.625. The zero-order valence-corrected chi connectivity index (χ0v) is 6.72. The Labute approximate surface area is 73.0 Å². The highest BCUT2D eigenvalue weighted by atomic mass is 35.5. The number of hydrogen-bond acceptors (Lipinski definition) is 2. The molecule has 1 aromatic carbocycles. The average molecular weight is 183 g/mol. The van der Waals surface area contributed by atoms with Crippen molar-refractivity contribution >= 4 is 22.5 Å². The standard InChI is InChI=1S/C8H4ClFN2/c9-8-5-3-11-4-12-7(5)2-1-6(8)10/h1-4H. The van der Waals surface area contributed by atoms with E-state index in [4.69, 9.17) is 11.6 Å². The molecule has 2 rings (SSSR count). The van der Waals surface area contributed by atoms with Crippen LogP contribution >= 0.6 is 11.6 Å². The Kier molecular flexibility index (Phi) is 1.66. The van der Waals surface area contributed by atoms with Gasteiger partial charge in [-0.05, 0) is 12.1 Å². The zero-order chi connectivity index (χ0) is 8.55. The highest BCUT2D eigenvalue weighted by Crippen LogP contribution is 2.23. The molecule has 2 nitrogen and oxygen atoms in total. The summed E-state index contributed by atoms with van der Waals surface area (Å²) in [6.07, 6.45) is 2.89. The van der Waals surface area contributed by atoms with E-state index in [2.05, 4.69) is 9.97 Å². The first-order valence-electron chi connectivity index (χ1n) is 3.33. The lowest BCUT2D eigenvalue weighted by atomic mass is 10.2. The van der Waals surface area contributed by atoms with Crippen LogP contribution < -0.4 is 0 Å². The Hall–Kier alpha value is -1.22. The maximum absolute atomic E-state index is 12.9. The van der Waals surface area contributed by atoms with E-state index in [9.17, 15) is 4.39 Å². The van der Waals surface area contributed by atoms with Gasteiger partial charge in [-0.25, -0.2) is 14.4 Å². The lowest BCUT2D eigenvalue weighted by molar-refractivity contribution is 0.630. The van der Waals surface area contributed by atoms with Crippen molar-refractivity contribution in [1.29, 1.82) is 0 Å². The second kappa shape index (κ2) is 2.68. The number of rotatable bonds is 0. The molecule has 0 N–H and O–H groups in total. The molecule has 0 aliphatic heterocycles. The van der Waals surface area contributed by atoms with Crippen LogP contribution in [0.1, 0.15) is 0 Å². The predicted molar refractivity (Wildman–Crippen MR) is 44.5 cm³/mol. The van der Waals surface area contributed by atoms with Crippen molar-refractivity contribution in [3.63, 3.8) is 0 Å². The minimum absolute atomic E-state index is 0.0769. The van der Waals surface area contributed by atoms with Crippen LogP contribution in [-0.2, 0) is 0 Å². The first kappa shape index (κ1) is 7.43. The van der Waals surface area contributed by atoms with Crippen LogP contribution in [0.5, 0.6) is 0 Å². The van der Waals surface area contributed by atoms with Crippen molar-refractivity contribution in [2.45, 2.75) is 0 Å². The van der Waals surface area contributed by atoms with Gasteiger partial charge in [-0.2, -0.15) is 0 Å².